The molecule has 0 aliphatic carbocycles. The van der Waals surface area contributed by atoms with E-state index in [1.807, 2.05) is 0 Å². The van der Waals surface area contributed by atoms with Gasteiger partial charge in [0.05, 0.1) is 6.16 Å². The number of hydrogen-bond donors (Lipinski definition) is 3. The topological polar surface area (TPSA) is 155 Å². The van der Waals surface area contributed by atoms with Gasteiger partial charge in [-0.05, 0) is 25.3 Å². The van der Waals surface area contributed by atoms with E-state index in [1.54, 1.807) is 13.8 Å². The summed E-state index contributed by atoms with van der Waals surface area (Å²) in [5.74, 6) is -2.04. The normalized spacial score (nSPS) is 12.6. The summed E-state index contributed by atoms with van der Waals surface area (Å²) in [4.78, 5) is 20.9. The van der Waals surface area contributed by atoms with Crippen LogP contribution in [0.5, 0.6) is 0 Å². The molecule has 0 rings (SSSR count). The van der Waals surface area contributed by atoms with Crippen molar-refractivity contribution >= 4 is 29.7 Å². The molecular weight excluding hydrogens is 361 g/mol. The Kier molecular flexibility index (Phi) is 12.0. The Hall–Kier alpha value is -1.77. The van der Waals surface area contributed by atoms with Crippen molar-refractivity contribution < 1.29 is 36.8 Å². The van der Waals surface area contributed by atoms with Crippen LogP contribution < -0.4 is 5.32 Å². The largest absolute Gasteiger partial charge is 0.478 e. The lowest BCUT2D eigenvalue weighted by molar-refractivity contribution is -0.132. The second-order valence-corrected chi connectivity index (χ2v) is 7.58. The van der Waals surface area contributed by atoms with Gasteiger partial charge in [0.2, 0.25) is 5.91 Å². The van der Waals surface area contributed by atoms with Crippen molar-refractivity contribution in [2.45, 2.75) is 32.6 Å². The molecule has 0 spiro atoms. The molecule has 0 saturated carbocycles. The van der Waals surface area contributed by atoms with Gasteiger partial charge in [-0.3, -0.25) is 9.35 Å². The number of hydrogen-bond acceptors (Lipinski definition) is 6. The van der Waals surface area contributed by atoms with Gasteiger partial charge in [0, 0.05) is 5.57 Å². The first-order chi connectivity index (χ1) is 10.8. The molecule has 1 amide bonds. The number of carbonyl (C=O) groups excluding carboxylic acids is 1. The molecule has 138 valence electrons. The standard InChI is InChI=1S/C7H13NO4S.C6H9O4P/c1-4-6(9)8-7(5(2)3)13(10,11)12;1-5(6(7)8)3-2-4-11(9)10/h4-5,7H,1H2,2-3H3,(H,8,9)(H,10,11,12);3H,2,4H2,1H3,(H,7,8). The fourth-order valence-corrected chi connectivity index (χ4v) is 2.55. The maximum atomic E-state index is 10.8. The number of aliphatic carboxylic acids is 1. The maximum absolute atomic E-state index is 10.8. The Morgan fingerprint density at radius 1 is 1.29 bits per heavy atom. The lowest BCUT2D eigenvalue weighted by Crippen LogP contribution is -2.43. The van der Waals surface area contributed by atoms with Crippen LogP contribution in [-0.2, 0) is 28.8 Å². The first-order valence-corrected chi connectivity index (χ1v) is 9.60. The number of allylic oxidation sites excluding steroid dienone is 1. The van der Waals surface area contributed by atoms with E-state index in [1.165, 1.54) is 13.0 Å². The Labute approximate surface area is 141 Å². The van der Waals surface area contributed by atoms with Crippen molar-refractivity contribution in [2.24, 2.45) is 5.92 Å². The number of carbonyl (C=O) groups is 2. The summed E-state index contributed by atoms with van der Waals surface area (Å²) in [6, 6.07) is 0. The Bertz CT molecular complexity index is 641. The van der Waals surface area contributed by atoms with Gasteiger partial charge >= 0.3 is 13.6 Å². The molecular formula is C13H22NO8PS. The zero-order chi connectivity index (χ0) is 19.5. The van der Waals surface area contributed by atoms with Gasteiger partial charge < -0.3 is 10.4 Å². The second-order valence-electron chi connectivity index (χ2n) is 4.93. The molecule has 1 atom stereocenters. The van der Waals surface area contributed by atoms with Crippen molar-refractivity contribution in [1.82, 2.24) is 5.32 Å². The monoisotopic (exact) mass is 383 g/mol. The Morgan fingerprint density at radius 3 is 2.08 bits per heavy atom. The number of carboxylic acids is 1. The molecule has 0 aliphatic rings. The lowest BCUT2D eigenvalue weighted by atomic mass is 10.2. The summed E-state index contributed by atoms with van der Waals surface area (Å²) in [7, 11) is -6.64. The van der Waals surface area contributed by atoms with Crippen LogP contribution in [0.15, 0.2) is 24.3 Å². The Morgan fingerprint density at radius 2 is 1.79 bits per heavy atom. The highest BCUT2D eigenvalue weighted by Crippen LogP contribution is 2.07. The molecule has 1 unspecified atom stereocenters. The van der Waals surface area contributed by atoms with Crippen molar-refractivity contribution in [3.05, 3.63) is 24.3 Å². The van der Waals surface area contributed by atoms with Gasteiger partial charge in [0.1, 0.15) is 0 Å². The highest BCUT2D eigenvalue weighted by molar-refractivity contribution is 7.86. The van der Waals surface area contributed by atoms with Crippen molar-refractivity contribution in [3.63, 3.8) is 0 Å². The van der Waals surface area contributed by atoms with Crippen LogP contribution in [0.1, 0.15) is 27.2 Å². The van der Waals surface area contributed by atoms with Gasteiger partial charge in [0.25, 0.3) is 10.1 Å². The molecule has 0 heterocycles. The molecule has 0 radical (unpaired) electrons. The van der Waals surface area contributed by atoms with E-state index in [9.17, 15) is 27.1 Å². The van der Waals surface area contributed by atoms with E-state index >= 15 is 0 Å². The molecule has 0 bridgehead atoms. The summed E-state index contributed by atoms with van der Waals surface area (Å²) in [5, 5.41) is 9.16. The molecule has 0 aromatic rings. The van der Waals surface area contributed by atoms with Crippen LogP contribution in [0.4, 0.5) is 0 Å². The number of carboxylic acid groups (broad SMARTS) is 1. The molecule has 11 heteroatoms. The molecule has 0 aromatic heterocycles. The van der Waals surface area contributed by atoms with Crippen LogP contribution in [0.2, 0.25) is 0 Å². The fourth-order valence-electron chi connectivity index (χ4n) is 1.26. The number of nitrogens with one attached hydrogen (secondary N) is 1. The van der Waals surface area contributed by atoms with Gasteiger partial charge in [-0.2, -0.15) is 8.42 Å². The third-order valence-electron chi connectivity index (χ3n) is 2.50. The number of amides is 1. The summed E-state index contributed by atoms with van der Waals surface area (Å²) >= 11 is 0. The fraction of sp³-hybridized carbons (Fsp3) is 0.538. The predicted octanol–water partition coefficient (Wildman–Crippen LogP) is 1.74. The predicted molar refractivity (Wildman–Crippen MR) is 87.7 cm³/mol. The highest BCUT2D eigenvalue weighted by Gasteiger charge is 2.27. The van der Waals surface area contributed by atoms with Gasteiger partial charge in [-0.15, -0.1) is 0 Å². The van der Waals surface area contributed by atoms with Crippen LogP contribution in [0.25, 0.3) is 0 Å². The van der Waals surface area contributed by atoms with Crippen molar-refractivity contribution in [3.8, 4) is 0 Å². The molecule has 0 aliphatic heterocycles. The maximum Gasteiger partial charge on any atom is 0.330 e. The van der Waals surface area contributed by atoms with Gasteiger partial charge in [-0.1, -0.05) is 26.5 Å². The van der Waals surface area contributed by atoms with Gasteiger partial charge in [0.15, 0.2) is 5.37 Å². The molecule has 0 aromatic carbocycles. The minimum atomic E-state index is -4.25. The average Bonchev–Trinajstić information content (AvgIpc) is 2.42. The van der Waals surface area contributed by atoms with E-state index in [-0.39, 0.29) is 18.2 Å². The van der Waals surface area contributed by atoms with Gasteiger partial charge in [-0.25, -0.2) is 13.9 Å². The highest BCUT2D eigenvalue weighted by atomic mass is 32.2. The first-order valence-electron chi connectivity index (χ1n) is 6.74. The third-order valence-corrected chi connectivity index (χ3v) is 4.42. The molecule has 9 nitrogen and oxygen atoms in total. The summed E-state index contributed by atoms with van der Waals surface area (Å²) in [6.45, 7) is 7.74. The van der Waals surface area contributed by atoms with Crippen molar-refractivity contribution in [1.29, 1.82) is 0 Å². The van der Waals surface area contributed by atoms with Crippen LogP contribution >= 0.6 is 7.68 Å². The van der Waals surface area contributed by atoms with E-state index < -0.39 is 41.0 Å². The van der Waals surface area contributed by atoms with E-state index in [4.69, 9.17) is 9.66 Å². The zero-order valence-electron chi connectivity index (χ0n) is 13.6. The molecule has 0 fully saturated rings. The van der Waals surface area contributed by atoms with Crippen LogP contribution in [0, 0.1) is 5.92 Å². The minimum absolute atomic E-state index is 0.0138. The second kappa shape index (κ2) is 11.7. The quantitative estimate of drug-likeness (QED) is 0.325. The summed E-state index contributed by atoms with van der Waals surface area (Å²) in [6.07, 6.45) is 2.63. The van der Waals surface area contributed by atoms with E-state index in [2.05, 4.69) is 11.9 Å². The molecule has 3 N–H and O–H groups in total. The van der Waals surface area contributed by atoms with Crippen molar-refractivity contribution in [2.75, 3.05) is 6.16 Å². The van der Waals surface area contributed by atoms with Crippen LogP contribution in [-0.4, -0.2) is 41.5 Å². The number of rotatable bonds is 8. The third kappa shape index (κ3) is 12.7. The smallest absolute Gasteiger partial charge is 0.330 e. The first kappa shape index (κ1) is 24.5. The van der Waals surface area contributed by atoms with Crippen LogP contribution in [0.3, 0.4) is 0 Å². The Balaban J connectivity index is 0. The lowest BCUT2D eigenvalue weighted by Gasteiger charge is -2.17. The van der Waals surface area contributed by atoms with E-state index in [0.717, 1.165) is 6.08 Å². The molecule has 0 saturated heterocycles. The average molecular weight is 383 g/mol. The molecule has 24 heavy (non-hydrogen) atoms. The van der Waals surface area contributed by atoms with E-state index in [0.29, 0.717) is 0 Å². The zero-order valence-corrected chi connectivity index (χ0v) is 15.3. The SMILES string of the molecule is C=CC(=O)NC(C(C)C)S(=O)(=O)O.CC(=CCCP(=O)=O)C(=O)O. The summed E-state index contributed by atoms with van der Waals surface area (Å²) in [5.41, 5.74) is 0.182. The summed E-state index contributed by atoms with van der Waals surface area (Å²) < 4.78 is 50.2. The minimum Gasteiger partial charge on any atom is -0.478 e.